The molecule has 2 rings (SSSR count). The molecular formula is C20H22F2N2. The van der Waals surface area contributed by atoms with Gasteiger partial charge in [0.25, 0.3) is 0 Å². The summed E-state index contributed by atoms with van der Waals surface area (Å²) in [6.45, 7) is 3.59. The van der Waals surface area contributed by atoms with Gasteiger partial charge in [-0.3, -0.25) is 0 Å². The molecule has 0 aliphatic rings. The number of aryl methyl sites for hydroxylation is 1. The van der Waals surface area contributed by atoms with Crippen LogP contribution in [0.3, 0.4) is 0 Å². The minimum absolute atomic E-state index is 0.00896. The average molecular weight is 328 g/mol. The monoisotopic (exact) mass is 328 g/mol. The highest BCUT2D eigenvalue weighted by Crippen LogP contribution is 2.13. The zero-order valence-electron chi connectivity index (χ0n) is 14.1. The molecule has 4 heteroatoms. The van der Waals surface area contributed by atoms with Crippen LogP contribution >= 0.6 is 0 Å². The Kier molecular flexibility index (Phi) is 6.79. The molecule has 0 N–H and O–H groups in total. The summed E-state index contributed by atoms with van der Waals surface area (Å²) in [4.78, 5) is 0. The van der Waals surface area contributed by atoms with Gasteiger partial charge < -0.3 is 0 Å². The molecular weight excluding hydrogens is 306 g/mol. The fourth-order valence-electron chi connectivity index (χ4n) is 2.29. The van der Waals surface area contributed by atoms with Crippen LogP contribution in [0.25, 0.3) is 0 Å². The van der Waals surface area contributed by atoms with Crippen LogP contribution in [0.5, 0.6) is 0 Å². The van der Waals surface area contributed by atoms with E-state index < -0.39 is 11.6 Å². The van der Waals surface area contributed by atoms with E-state index in [1.807, 2.05) is 12.1 Å². The van der Waals surface area contributed by atoms with Gasteiger partial charge in [-0.05, 0) is 43.0 Å². The van der Waals surface area contributed by atoms with E-state index in [1.54, 1.807) is 6.21 Å². The molecule has 0 radical (unpaired) electrons. The predicted molar refractivity (Wildman–Crippen MR) is 96.0 cm³/mol. The minimum Gasteiger partial charge on any atom is -0.207 e. The van der Waals surface area contributed by atoms with Crippen molar-refractivity contribution in [2.75, 3.05) is 0 Å². The molecule has 0 bridgehead atoms. The van der Waals surface area contributed by atoms with Crippen molar-refractivity contribution in [3.05, 3.63) is 70.3 Å². The Morgan fingerprint density at radius 3 is 2.04 bits per heavy atom. The molecule has 0 saturated heterocycles. The number of unbranched alkanes of at least 4 members (excludes halogenated alkanes) is 2. The molecule has 2 nitrogen and oxygen atoms in total. The number of rotatable bonds is 7. The van der Waals surface area contributed by atoms with E-state index in [2.05, 4.69) is 29.3 Å². The van der Waals surface area contributed by atoms with Gasteiger partial charge in [0.05, 0.1) is 12.4 Å². The molecule has 0 amide bonds. The molecule has 0 heterocycles. The Morgan fingerprint density at radius 1 is 0.875 bits per heavy atom. The zero-order chi connectivity index (χ0) is 17.4. The summed E-state index contributed by atoms with van der Waals surface area (Å²) in [6.07, 6.45) is 7.72. The Labute approximate surface area is 141 Å². The van der Waals surface area contributed by atoms with Gasteiger partial charge >= 0.3 is 0 Å². The lowest BCUT2D eigenvalue weighted by Gasteiger charge is -2.00. The second-order valence-corrected chi connectivity index (χ2v) is 5.80. The first-order valence-corrected chi connectivity index (χ1v) is 8.21. The first-order valence-electron chi connectivity index (χ1n) is 8.21. The number of hydrogen-bond donors (Lipinski definition) is 0. The fourth-order valence-corrected chi connectivity index (χ4v) is 2.29. The second-order valence-electron chi connectivity index (χ2n) is 5.80. The van der Waals surface area contributed by atoms with Gasteiger partial charge in [0.2, 0.25) is 0 Å². The van der Waals surface area contributed by atoms with Gasteiger partial charge in [-0.15, -0.1) is 0 Å². The van der Waals surface area contributed by atoms with Crippen LogP contribution < -0.4 is 0 Å². The summed E-state index contributed by atoms with van der Waals surface area (Å²) in [5.41, 5.74) is 2.61. The van der Waals surface area contributed by atoms with E-state index in [1.165, 1.54) is 50.1 Å². The van der Waals surface area contributed by atoms with E-state index in [9.17, 15) is 8.78 Å². The Morgan fingerprint density at radius 2 is 1.46 bits per heavy atom. The highest BCUT2D eigenvalue weighted by atomic mass is 19.1. The quantitative estimate of drug-likeness (QED) is 0.366. The summed E-state index contributed by atoms with van der Waals surface area (Å²) in [7, 11) is 0. The average Bonchev–Trinajstić information content (AvgIpc) is 2.58. The van der Waals surface area contributed by atoms with Gasteiger partial charge in [0.15, 0.2) is 0 Å². The van der Waals surface area contributed by atoms with Crippen LogP contribution in [0.4, 0.5) is 8.78 Å². The minimum atomic E-state index is -0.584. The molecule has 0 saturated carbocycles. The lowest BCUT2D eigenvalue weighted by Crippen LogP contribution is -1.92. The molecule has 0 fully saturated rings. The Balaban J connectivity index is 1.94. The molecule has 0 unspecified atom stereocenters. The molecule has 0 spiro atoms. The largest absolute Gasteiger partial charge is 0.207 e. The molecule has 0 aromatic heterocycles. The molecule has 0 aliphatic carbocycles. The van der Waals surface area contributed by atoms with Crippen molar-refractivity contribution in [1.82, 2.24) is 0 Å². The smallest absolute Gasteiger partial charge is 0.129 e. The van der Waals surface area contributed by atoms with Gasteiger partial charge in [0.1, 0.15) is 11.6 Å². The van der Waals surface area contributed by atoms with Gasteiger partial charge in [-0.25, -0.2) is 8.78 Å². The first-order chi connectivity index (χ1) is 11.6. The third-order valence-corrected chi connectivity index (χ3v) is 3.83. The van der Waals surface area contributed by atoms with Gasteiger partial charge in [-0.2, -0.15) is 10.2 Å². The molecule has 0 aliphatic heterocycles. The van der Waals surface area contributed by atoms with Crippen molar-refractivity contribution < 1.29 is 8.78 Å². The van der Waals surface area contributed by atoms with Crippen molar-refractivity contribution in [2.45, 2.75) is 39.5 Å². The summed E-state index contributed by atoms with van der Waals surface area (Å²) in [5, 5.41) is 7.77. The van der Waals surface area contributed by atoms with Gasteiger partial charge in [0, 0.05) is 11.1 Å². The van der Waals surface area contributed by atoms with E-state index in [-0.39, 0.29) is 5.56 Å². The Bertz CT molecular complexity index is 696. The summed E-state index contributed by atoms with van der Waals surface area (Å²) < 4.78 is 26.8. The van der Waals surface area contributed by atoms with E-state index in [0.29, 0.717) is 5.56 Å². The standard InChI is InChI=1S/C20H22F2N2/c1-3-4-5-6-16-7-9-17(10-8-16)13-23-24-14-18-11-19(21)15(2)20(22)12-18/h7-14H,3-6H2,1-2H3. The number of nitrogens with zero attached hydrogens (tertiary/aromatic N) is 2. The van der Waals surface area contributed by atoms with E-state index in [4.69, 9.17) is 0 Å². The van der Waals surface area contributed by atoms with Crippen LogP contribution in [-0.2, 0) is 6.42 Å². The predicted octanol–water partition coefficient (Wildman–Crippen LogP) is 5.46. The zero-order valence-corrected chi connectivity index (χ0v) is 14.1. The van der Waals surface area contributed by atoms with Crippen molar-refractivity contribution in [3.8, 4) is 0 Å². The van der Waals surface area contributed by atoms with E-state index >= 15 is 0 Å². The maximum absolute atomic E-state index is 13.4. The molecule has 2 aromatic rings. The van der Waals surface area contributed by atoms with Crippen molar-refractivity contribution in [2.24, 2.45) is 10.2 Å². The molecule has 2 aromatic carbocycles. The summed E-state index contributed by atoms with van der Waals surface area (Å²) in [5.74, 6) is -1.17. The third-order valence-electron chi connectivity index (χ3n) is 3.83. The normalized spacial score (nSPS) is 11.7. The maximum atomic E-state index is 13.4. The highest BCUT2D eigenvalue weighted by molar-refractivity contribution is 5.82. The number of halogens is 2. The molecule has 24 heavy (non-hydrogen) atoms. The second kappa shape index (κ2) is 9.06. The summed E-state index contributed by atoms with van der Waals surface area (Å²) >= 11 is 0. The van der Waals surface area contributed by atoms with Crippen LogP contribution in [0, 0.1) is 18.6 Å². The molecule has 126 valence electrons. The van der Waals surface area contributed by atoms with E-state index in [0.717, 1.165) is 12.0 Å². The lowest BCUT2D eigenvalue weighted by molar-refractivity contribution is 0.568. The maximum Gasteiger partial charge on any atom is 0.129 e. The summed E-state index contributed by atoms with van der Waals surface area (Å²) in [6, 6.07) is 10.6. The van der Waals surface area contributed by atoms with Gasteiger partial charge in [-0.1, -0.05) is 44.0 Å². The van der Waals surface area contributed by atoms with Crippen molar-refractivity contribution in [3.63, 3.8) is 0 Å². The van der Waals surface area contributed by atoms with Crippen LogP contribution in [0.1, 0.15) is 48.4 Å². The molecule has 0 atom stereocenters. The van der Waals surface area contributed by atoms with Crippen LogP contribution in [-0.4, -0.2) is 12.4 Å². The number of hydrogen-bond acceptors (Lipinski definition) is 2. The van der Waals surface area contributed by atoms with Crippen LogP contribution in [0.2, 0.25) is 0 Å². The Hall–Kier alpha value is -2.36. The third kappa shape index (κ3) is 5.37. The first kappa shape index (κ1) is 18.0. The fraction of sp³-hybridized carbons (Fsp3) is 0.300. The lowest BCUT2D eigenvalue weighted by atomic mass is 10.1. The number of benzene rings is 2. The van der Waals surface area contributed by atoms with Crippen molar-refractivity contribution >= 4 is 12.4 Å². The topological polar surface area (TPSA) is 24.7 Å². The van der Waals surface area contributed by atoms with Crippen molar-refractivity contribution in [1.29, 1.82) is 0 Å². The highest BCUT2D eigenvalue weighted by Gasteiger charge is 2.05. The SMILES string of the molecule is CCCCCc1ccc(C=NN=Cc2cc(F)c(C)c(F)c2)cc1. The van der Waals surface area contributed by atoms with Crippen LogP contribution in [0.15, 0.2) is 46.6 Å².